The normalized spacial score (nSPS) is 14.6. The zero-order chi connectivity index (χ0) is 17.3. The summed E-state index contributed by atoms with van der Waals surface area (Å²) >= 11 is 0. The van der Waals surface area contributed by atoms with Crippen molar-refractivity contribution in [1.29, 1.82) is 0 Å². The minimum Gasteiger partial charge on any atom is -0.467 e. The molecule has 24 heavy (non-hydrogen) atoms. The molecular formula is C14H12N4O6. The number of hydrogen-bond donors (Lipinski definition) is 1. The summed E-state index contributed by atoms with van der Waals surface area (Å²) in [5.41, 5.74) is 0. The number of rotatable bonds is 5. The van der Waals surface area contributed by atoms with Crippen molar-refractivity contribution < 1.29 is 28.1 Å². The largest absolute Gasteiger partial charge is 0.467 e. The highest BCUT2D eigenvalue weighted by Crippen LogP contribution is 2.16. The first-order valence-electron chi connectivity index (χ1n) is 6.88. The molecule has 0 aliphatic carbocycles. The van der Waals surface area contributed by atoms with Gasteiger partial charge in [0.15, 0.2) is 5.82 Å². The maximum atomic E-state index is 12.2. The first-order valence-corrected chi connectivity index (χ1v) is 6.88. The van der Waals surface area contributed by atoms with E-state index < -0.39 is 30.3 Å². The zero-order valence-electron chi connectivity index (χ0n) is 12.5. The number of aromatic nitrogens is 1. The van der Waals surface area contributed by atoms with Crippen LogP contribution in [0.25, 0.3) is 0 Å². The van der Waals surface area contributed by atoms with Crippen molar-refractivity contribution in [3.63, 3.8) is 0 Å². The summed E-state index contributed by atoms with van der Waals surface area (Å²) in [6.45, 7) is 0.850. The summed E-state index contributed by atoms with van der Waals surface area (Å²) in [6, 6.07) is 3.74. The highest BCUT2D eigenvalue weighted by Gasteiger charge is 2.45. The number of furan rings is 1. The number of carbonyl (C=O) groups excluding carboxylic acids is 4. The van der Waals surface area contributed by atoms with Crippen LogP contribution in [-0.2, 0) is 20.9 Å². The predicted molar refractivity (Wildman–Crippen MR) is 76.2 cm³/mol. The van der Waals surface area contributed by atoms with Crippen LogP contribution in [0.4, 0.5) is 10.6 Å². The maximum Gasteiger partial charge on any atom is 0.335 e. The van der Waals surface area contributed by atoms with E-state index in [9.17, 15) is 19.2 Å². The summed E-state index contributed by atoms with van der Waals surface area (Å²) in [6.07, 6.45) is 1.38. The van der Waals surface area contributed by atoms with Crippen LogP contribution in [-0.4, -0.2) is 45.3 Å². The lowest BCUT2D eigenvalue weighted by Crippen LogP contribution is -2.38. The fraction of sp³-hybridized carbons (Fsp3) is 0.214. The number of amides is 5. The molecule has 3 heterocycles. The molecule has 1 aliphatic rings. The molecule has 10 heteroatoms. The molecule has 0 aromatic carbocycles. The van der Waals surface area contributed by atoms with Crippen LogP contribution in [0.1, 0.15) is 11.5 Å². The predicted octanol–water partition coefficient (Wildman–Crippen LogP) is 0.506. The topological polar surface area (TPSA) is 126 Å². The minimum absolute atomic E-state index is 0.148. The number of imide groups is 2. The van der Waals surface area contributed by atoms with Gasteiger partial charge in [0.2, 0.25) is 5.91 Å². The molecule has 0 unspecified atom stereocenters. The molecule has 1 aliphatic heterocycles. The third kappa shape index (κ3) is 2.89. The van der Waals surface area contributed by atoms with Gasteiger partial charge in [0, 0.05) is 6.07 Å². The lowest BCUT2D eigenvalue weighted by atomic mass is 10.4. The Bertz CT molecular complexity index is 809. The fourth-order valence-electron chi connectivity index (χ4n) is 2.14. The van der Waals surface area contributed by atoms with Crippen molar-refractivity contribution in [1.82, 2.24) is 15.0 Å². The van der Waals surface area contributed by atoms with E-state index in [-0.39, 0.29) is 12.4 Å². The highest BCUT2D eigenvalue weighted by atomic mass is 16.5. The lowest BCUT2D eigenvalue weighted by molar-refractivity contribution is -0.144. The van der Waals surface area contributed by atoms with E-state index in [2.05, 4.69) is 10.5 Å². The number of aryl methyl sites for hydroxylation is 1. The Morgan fingerprint density at radius 3 is 2.62 bits per heavy atom. The monoisotopic (exact) mass is 332 g/mol. The second-order valence-corrected chi connectivity index (χ2v) is 5.02. The molecule has 1 fully saturated rings. The van der Waals surface area contributed by atoms with E-state index in [1.807, 2.05) is 0 Å². The second-order valence-electron chi connectivity index (χ2n) is 5.02. The smallest absolute Gasteiger partial charge is 0.335 e. The SMILES string of the molecule is Cc1cc(NC(=O)CN2C(=O)C(=O)N(Cc3ccco3)C2=O)no1. The van der Waals surface area contributed by atoms with Gasteiger partial charge in [-0.2, -0.15) is 0 Å². The summed E-state index contributed by atoms with van der Waals surface area (Å²) in [5, 5.41) is 5.93. The number of anilines is 1. The molecular weight excluding hydrogens is 320 g/mol. The van der Waals surface area contributed by atoms with Gasteiger partial charge < -0.3 is 14.3 Å². The van der Waals surface area contributed by atoms with Crippen LogP contribution in [0, 0.1) is 6.92 Å². The zero-order valence-corrected chi connectivity index (χ0v) is 12.5. The summed E-state index contributed by atoms with van der Waals surface area (Å²) < 4.78 is 9.84. The molecule has 5 amide bonds. The van der Waals surface area contributed by atoms with Crippen LogP contribution in [0.5, 0.6) is 0 Å². The Kier molecular flexibility index (Phi) is 3.86. The van der Waals surface area contributed by atoms with Gasteiger partial charge in [0.1, 0.15) is 18.1 Å². The third-order valence-corrected chi connectivity index (χ3v) is 3.23. The molecule has 1 N–H and O–H groups in total. The Balaban J connectivity index is 1.67. The van der Waals surface area contributed by atoms with Crippen molar-refractivity contribution >= 4 is 29.6 Å². The van der Waals surface area contributed by atoms with Gasteiger partial charge in [-0.1, -0.05) is 5.16 Å². The third-order valence-electron chi connectivity index (χ3n) is 3.23. The highest BCUT2D eigenvalue weighted by molar-refractivity contribution is 6.45. The molecule has 2 aromatic heterocycles. The van der Waals surface area contributed by atoms with Crippen molar-refractivity contribution in [3.05, 3.63) is 36.0 Å². The van der Waals surface area contributed by atoms with Crippen molar-refractivity contribution in [2.45, 2.75) is 13.5 Å². The molecule has 10 nitrogen and oxygen atoms in total. The van der Waals surface area contributed by atoms with E-state index in [4.69, 9.17) is 8.94 Å². The van der Waals surface area contributed by atoms with Crippen LogP contribution < -0.4 is 5.32 Å². The van der Waals surface area contributed by atoms with Crippen LogP contribution >= 0.6 is 0 Å². The molecule has 0 spiro atoms. The molecule has 0 bridgehead atoms. The quantitative estimate of drug-likeness (QED) is 0.624. The van der Waals surface area contributed by atoms with Gasteiger partial charge in [-0.05, 0) is 19.1 Å². The van der Waals surface area contributed by atoms with Crippen LogP contribution in [0.3, 0.4) is 0 Å². The average Bonchev–Trinajstić information content (AvgIpc) is 3.23. The summed E-state index contributed by atoms with van der Waals surface area (Å²) in [4.78, 5) is 49.2. The van der Waals surface area contributed by atoms with Gasteiger partial charge in [0.25, 0.3) is 0 Å². The molecule has 3 rings (SSSR count). The first kappa shape index (κ1) is 15.5. The van der Waals surface area contributed by atoms with E-state index in [0.717, 1.165) is 0 Å². The van der Waals surface area contributed by atoms with E-state index >= 15 is 0 Å². The molecule has 0 saturated carbocycles. The van der Waals surface area contributed by atoms with Crippen molar-refractivity contribution in [3.8, 4) is 0 Å². The Hall–Kier alpha value is -3.43. The first-order chi connectivity index (χ1) is 11.5. The number of urea groups is 1. The van der Waals surface area contributed by atoms with Gasteiger partial charge in [-0.15, -0.1) is 0 Å². The second kappa shape index (κ2) is 5.99. The van der Waals surface area contributed by atoms with Crippen molar-refractivity contribution in [2.75, 3.05) is 11.9 Å². The van der Waals surface area contributed by atoms with Gasteiger partial charge in [0.05, 0.1) is 12.8 Å². The molecule has 2 aromatic rings. The Morgan fingerprint density at radius 1 is 1.25 bits per heavy atom. The number of hydrogen-bond acceptors (Lipinski definition) is 7. The summed E-state index contributed by atoms with van der Waals surface area (Å²) in [5.74, 6) is -1.79. The van der Waals surface area contributed by atoms with Gasteiger partial charge in [-0.3, -0.25) is 14.4 Å². The lowest BCUT2D eigenvalue weighted by Gasteiger charge is -2.13. The van der Waals surface area contributed by atoms with Crippen LogP contribution in [0.2, 0.25) is 0 Å². The molecule has 0 atom stereocenters. The van der Waals surface area contributed by atoms with Crippen LogP contribution in [0.15, 0.2) is 33.4 Å². The maximum absolute atomic E-state index is 12.2. The van der Waals surface area contributed by atoms with E-state index in [1.54, 1.807) is 19.1 Å². The standard InChI is InChI=1S/C14H12N4O6/c1-8-5-10(16-24-8)15-11(19)7-18-13(21)12(20)17(14(18)22)6-9-3-2-4-23-9/h2-5H,6-7H2,1H3,(H,15,16,19). The molecule has 1 saturated heterocycles. The van der Waals surface area contributed by atoms with Gasteiger partial charge in [-0.25, -0.2) is 14.6 Å². The Labute approximate surface area is 135 Å². The minimum atomic E-state index is -1.07. The summed E-state index contributed by atoms with van der Waals surface area (Å²) in [7, 11) is 0. The number of nitrogens with zero attached hydrogens (tertiary/aromatic N) is 3. The molecule has 124 valence electrons. The van der Waals surface area contributed by atoms with Crippen molar-refractivity contribution in [2.24, 2.45) is 0 Å². The molecule has 0 radical (unpaired) electrons. The van der Waals surface area contributed by atoms with E-state index in [1.165, 1.54) is 12.3 Å². The van der Waals surface area contributed by atoms with Gasteiger partial charge >= 0.3 is 17.8 Å². The fourth-order valence-corrected chi connectivity index (χ4v) is 2.14. The number of nitrogens with one attached hydrogen (secondary N) is 1. The Morgan fingerprint density at radius 2 is 2.00 bits per heavy atom. The number of carbonyl (C=O) groups is 4. The average molecular weight is 332 g/mol. The van der Waals surface area contributed by atoms with E-state index in [0.29, 0.717) is 21.3 Å².